The minimum atomic E-state index is -4.46. The van der Waals surface area contributed by atoms with Crippen LogP contribution < -0.4 is 5.32 Å². The number of amides is 1. The van der Waals surface area contributed by atoms with Gasteiger partial charge in [-0.3, -0.25) is 9.59 Å². The van der Waals surface area contributed by atoms with Crippen LogP contribution in [-0.4, -0.2) is 28.8 Å². The number of rotatable bonds is 7. The van der Waals surface area contributed by atoms with E-state index < -0.39 is 48.9 Å². The number of carbonyl (C=O) groups excluding carboxylic acids is 1. The van der Waals surface area contributed by atoms with Crippen molar-refractivity contribution >= 4 is 40.8 Å². The highest BCUT2D eigenvalue weighted by Crippen LogP contribution is 2.52. The van der Waals surface area contributed by atoms with E-state index in [-0.39, 0.29) is 23.6 Å². The van der Waals surface area contributed by atoms with E-state index in [4.69, 9.17) is 28.3 Å². The number of alkyl halides is 4. The number of aliphatic carboxylic acids is 1. The fourth-order valence-corrected chi connectivity index (χ4v) is 3.29. The van der Waals surface area contributed by atoms with Crippen molar-refractivity contribution in [1.29, 1.82) is 0 Å². The molecule has 0 heterocycles. The normalized spacial score (nSPS) is 15.2. The summed E-state index contributed by atoms with van der Waals surface area (Å²) in [5.74, 6) is -2.96. The highest BCUT2D eigenvalue weighted by Gasteiger charge is 2.51. The molecule has 2 aromatic carbocycles. The number of nitrogens with one attached hydrogen (secondary N) is 1. The largest absolute Gasteiger partial charge is 0.481 e. The van der Waals surface area contributed by atoms with Crippen LogP contribution in [0.3, 0.4) is 0 Å². The van der Waals surface area contributed by atoms with Gasteiger partial charge < -0.3 is 10.4 Å². The van der Waals surface area contributed by atoms with Crippen molar-refractivity contribution in [2.24, 2.45) is 0 Å². The van der Waals surface area contributed by atoms with Crippen LogP contribution in [0.4, 0.5) is 23.2 Å². The molecule has 10 heteroatoms. The molecule has 2 aromatic rings. The summed E-state index contributed by atoms with van der Waals surface area (Å²) in [4.78, 5) is 22.6. The Hall–Kier alpha value is -2.32. The number of carbonyl (C=O) groups is 2. The summed E-state index contributed by atoms with van der Waals surface area (Å²) in [5, 5.41) is 12.1. The van der Waals surface area contributed by atoms with Crippen molar-refractivity contribution in [3.8, 4) is 0 Å². The lowest BCUT2D eigenvalue weighted by molar-refractivity contribution is -0.142. The first-order valence-electron chi connectivity index (χ1n) is 9.67. The molecule has 0 radical (unpaired) electrons. The van der Waals surface area contributed by atoms with Crippen molar-refractivity contribution in [2.75, 3.05) is 5.32 Å². The molecule has 4 nitrogen and oxygen atoms in total. The van der Waals surface area contributed by atoms with Crippen LogP contribution >= 0.6 is 23.2 Å². The first-order valence-corrected chi connectivity index (χ1v) is 10.4. The molecule has 0 saturated heterocycles. The molecule has 0 bridgehead atoms. The molecule has 0 aromatic heterocycles. The number of halogens is 6. The van der Waals surface area contributed by atoms with Gasteiger partial charge >= 0.3 is 12.1 Å². The Bertz CT molecular complexity index is 935. The standard InChI is InChI=1S/C16H16ClF4NO3.C6H5Cl/c17-11-2-1-9(10(8-14(24)25)15(18)5-6-15)7-12(11)22-13(23)3-4-16(19,20)21;7-6-4-2-1-3-5-6/h1-2,7,10H,3-6,8H2,(H,22,23)(H,24,25);1-5H. The van der Waals surface area contributed by atoms with Gasteiger partial charge in [0.25, 0.3) is 0 Å². The lowest BCUT2D eigenvalue weighted by atomic mass is 9.89. The lowest BCUT2D eigenvalue weighted by Crippen LogP contribution is -2.20. The van der Waals surface area contributed by atoms with Gasteiger partial charge in [-0.1, -0.05) is 47.5 Å². The molecule has 1 fully saturated rings. The van der Waals surface area contributed by atoms with Crippen molar-refractivity contribution in [3.63, 3.8) is 0 Å². The zero-order chi connectivity index (χ0) is 23.9. The van der Waals surface area contributed by atoms with Gasteiger partial charge in [-0.15, -0.1) is 0 Å². The van der Waals surface area contributed by atoms with Gasteiger partial charge in [0, 0.05) is 17.4 Å². The van der Waals surface area contributed by atoms with Crippen LogP contribution in [0.5, 0.6) is 0 Å². The Kier molecular flexibility index (Phi) is 8.92. The first kappa shape index (κ1) is 25.9. The molecule has 0 aliphatic heterocycles. The Balaban J connectivity index is 0.000000439. The molecular formula is C22H21Cl2F4NO3. The van der Waals surface area contributed by atoms with E-state index in [1.165, 1.54) is 18.2 Å². The molecule has 1 atom stereocenters. The zero-order valence-corrected chi connectivity index (χ0v) is 18.3. The summed E-state index contributed by atoms with van der Waals surface area (Å²) in [6.45, 7) is 0. The third-order valence-corrected chi connectivity index (χ3v) is 5.35. The third kappa shape index (κ3) is 8.67. The zero-order valence-electron chi connectivity index (χ0n) is 16.8. The van der Waals surface area contributed by atoms with Crippen LogP contribution in [0.2, 0.25) is 10.0 Å². The summed E-state index contributed by atoms with van der Waals surface area (Å²) in [7, 11) is 0. The summed E-state index contributed by atoms with van der Waals surface area (Å²) in [6, 6.07) is 13.6. The maximum absolute atomic E-state index is 14.4. The minimum absolute atomic E-state index is 0.0333. The van der Waals surface area contributed by atoms with Crippen LogP contribution in [0.15, 0.2) is 48.5 Å². The molecule has 1 amide bonds. The van der Waals surface area contributed by atoms with E-state index in [0.29, 0.717) is 5.56 Å². The molecule has 0 spiro atoms. The maximum atomic E-state index is 14.4. The molecule has 1 aliphatic rings. The monoisotopic (exact) mass is 493 g/mol. The number of carboxylic acids is 1. The molecule has 3 rings (SSSR count). The molecule has 1 saturated carbocycles. The molecule has 1 unspecified atom stereocenters. The van der Waals surface area contributed by atoms with E-state index in [1.807, 2.05) is 30.3 Å². The third-order valence-electron chi connectivity index (χ3n) is 4.77. The Morgan fingerprint density at radius 3 is 2.19 bits per heavy atom. The molecule has 2 N–H and O–H groups in total. The predicted octanol–water partition coefficient (Wildman–Crippen LogP) is 7.02. The molecule has 32 heavy (non-hydrogen) atoms. The highest BCUT2D eigenvalue weighted by atomic mass is 35.5. The maximum Gasteiger partial charge on any atom is 0.389 e. The van der Waals surface area contributed by atoms with Gasteiger partial charge in [-0.05, 0) is 42.7 Å². The van der Waals surface area contributed by atoms with Gasteiger partial charge in [0.15, 0.2) is 0 Å². The van der Waals surface area contributed by atoms with Gasteiger partial charge in [0.2, 0.25) is 5.91 Å². The lowest BCUT2D eigenvalue weighted by Gasteiger charge is -2.20. The van der Waals surface area contributed by atoms with Crippen LogP contribution in [0.1, 0.15) is 43.6 Å². The summed E-state index contributed by atoms with van der Waals surface area (Å²) < 4.78 is 50.9. The fraction of sp³-hybridized carbons (Fsp3) is 0.364. The second kappa shape index (κ2) is 11.0. The molecular weight excluding hydrogens is 473 g/mol. The SMILES string of the molecule is Clc1ccccc1.O=C(O)CC(c1ccc(Cl)c(NC(=O)CCC(F)(F)F)c1)C1(F)CC1. The topological polar surface area (TPSA) is 66.4 Å². The summed E-state index contributed by atoms with van der Waals surface area (Å²) in [6.07, 6.45) is -6.45. The van der Waals surface area contributed by atoms with Gasteiger partial charge in [0.05, 0.1) is 23.6 Å². The van der Waals surface area contributed by atoms with Crippen molar-refractivity contribution in [3.05, 3.63) is 64.1 Å². The quantitative estimate of drug-likeness (QED) is 0.407. The van der Waals surface area contributed by atoms with Crippen molar-refractivity contribution in [2.45, 2.75) is 49.9 Å². The van der Waals surface area contributed by atoms with E-state index in [2.05, 4.69) is 5.32 Å². The van der Waals surface area contributed by atoms with Gasteiger partial charge in [0.1, 0.15) is 5.67 Å². The number of anilines is 1. The fourth-order valence-electron chi connectivity index (χ4n) is 2.98. The van der Waals surface area contributed by atoms with Crippen LogP contribution in [0.25, 0.3) is 0 Å². The minimum Gasteiger partial charge on any atom is -0.481 e. The number of hydrogen-bond acceptors (Lipinski definition) is 2. The van der Waals surface area contributed by atoms with Gasteiger partial charge in [-0.25, -0.2) is 4.39 Å². The summed E-state index contributed by atoms with van der Waals surface area (Å²) >= 11 is 11.5. The predicted molar refractivity (Wildman–Crippen MR) is 115 cm³/mol. The average molecular weight is 494 g/mol. The molecule has 174 valence electrons. The van der Waals surface area contributed by atoms with E-state index in [1.54, 1.807) is 0 Å². The van der Waals surface area contributed by atoms with Crippen LogP contribution in [0, 0.1) is 0 Å². The number of benzene rings is 2. The molecule has 1 aliphatic carbocycles. The smallest absolute Gasteiger partial charge is 0.389 e. The average Bonchev–Trinajstić information content (AvgIpc) is 3.45. The van der Waals surface area contributed by atoms with Gasteiger partial charge in [-0.2, -0.15) is 13.2 Å². The second-order valence-corrected chi connectivity index (χ2v) is 8.23. The van der Waals surface area contributed by atoms with Crippen LogP contribution in [-0.2, 0) is 9.59 Å². The first-order chi connectivity index (χ1) is 14.9. The Labute approximate surface area is 192 Å². The highest BCUT2D eigenvalue weighted by molar-refractivity contribution is 6.33. The Morgan fingerprint density at radius 1 is 1.09 bits per heavy atom. The number of carboxylic acid groups (broad SMARTS) is 1. The van der Waals surface area contributed by atoms with E-state index in [9.17, 15) is 27.2 Å². The Morgan fingerprint density at radius 2 is 1.72 bits per heavy atom. The van der Waals surface area contributed by atoms with Crippen molar-refractivity contribution in [1.82, 2.24) is 0 Å². The van der Waals surface area contributed by atoms with E-state index >= 15 is 0 Å². The van der Waals surface area contributed by atoms with Crippen molar-refractivity contribution < 1.29 is 32.3 Å². The second-order valence-electron chi connectivity index (χ2n) is 7.38. The van der Waals surface area contributed by atoms with E-state index in [0.717, 1.165) is 5.02 Å². The number of hydrogen-bond donors (Lipinski definition) is 2. The summed E-state index contributed by atoms with van der Waals surface area (Å²) in [5.41, 5.74) is -1.26.